The van der Waals surface area contributed by atoms with Gasteiger partial charge in [0.15, 0.2) is 0 Å². The highest BCUT2D eigenvalue weighted by atomic mass is 16.3. The fourth-order valence-electron chi connectivity index (χ4n) is 7.70. The van der Waals surface area contributed by atoms with Gasteiger partial charge >= 0.3 is 0 Å². The van der Waals surface area contributed by atoms with Crippen molar-refractivity contribution in [2.24, 2.45) is 0 Å². The molecule has 1 aliphatic heterocycles. The summed E-state index contributed by atoms with van der Waals surface area (Å²) in [7, 11) is 0. The average Bonchev–Trinajstić information content (AvgIpc) is 3.46. The number of hydrogen-bond acceptors (Lipinski definition) is 4. The van der Waals surface area contributed by atoms with Crippen molar-refractivity contribution in [2.75, 3.05) is 4.90 Å². The van der Waals surface area contributed by atoms with Crippen molar-refractivity contribution in [1.29, 1.82) is 0 Å². The van der Waals surface area contributed by atoms with Crippen molar-refractivity contribution in [3.05, 3.63) is 146 Å². The van der Waals surface area contributed by atoms with Gasteiger partial charge in [-0.1, -0.05) is 97.1 Å². The van der Waals surface area contributed by atoms with E-state index < -0.39 is 0 Å². The van der Waals surface area contributed by atoms with Gasteiger partial charge in [0.05, 0.1) is 44.7 Å². The number of furan rings is 1. The summed E-state index contributed by atoms with van der Waals surface area (Å²) < 4.78 is 8.81. The summed E-state index contributed by atoms with van der Waals surface area (Å²) in [6, 6.07) is 51.2. The molecule has 0 aliphatic carbocycles. The van der Waals surface area contributed by atoms with Crippen molar-refractivity contribution in [3.63, 3.8) is 0 Å². The van der Waals surface area contributed by atoms with Gasteiger partial charge in [-0.3, -0.25) is 4.90 Å². The standard InChI is InChI=1S/C42H24N4O/c1-2-11-26-24-27(23-22-25(26)10-1)40-30-12-3-4-15-31(30)43-42(44-40)46-33-17-6-5-16-32(33)45-34-18-9-21-37-39(34)38-28(13-8-20-36(38)47-37)29-14-7-19-35(46)41(29)45/h1-24H. The maximum Gasteiger partial charge on any atom is 0.235 e. The first kappa shape index (κ1) is 24.8. The second-order valence-corrected chi connectivity index (χ2v) is 12.2. The Hall–Kier alpha value is -6.46. The van der Waals surface area contributed by atoms with Crippen LogP contribution in [0.4, 0.5) is 17.3 Å². The Morgan fingerprint density at radius 3 is 2.13 bits per heavy atom. The third kappa shape index (κ3) is 3.32. The Morgan fingerprint density at radius 2 is 1.19 bits per heavy atom. The molecule has 7 aromatic carbocycles. The quantitative estimate of drug-likeness (QED) is 0.198. The highest BCUT2D eigenvalue weighted by Gasteiger charge is 2.30. The lowest BCUT2D eigenvalue weighted by Gasteiger charge is -2.33. The molecule has 0 saturated heterocycles. The summed E-state index contributed by atoms with van der Waals surface area (Å²) in [6.07, 6.45) is 0. The minimum Gasteiger partial charge on any atom is -0.456 e. The molecule has 0 amide bonds. The number of hydrogen-bond donors (Lipinski definition) is 0. The van der Waals surface area contributed by atoms with E-state index in [2.05, 4.69) is 149 Å². The molecule has 0 N–H and O–H groups in total. The molecule has 0 bridgehead atoms. The van der Waals surface area contributed by atoms with Gasteiger partial charge in [-0.2, -0.15) is 0 Å². The molecule has 10 aromatic rings. The maximum atomic E-state index is 6.41. The van der Waals surface area contributed by atoms with Crippen LogP contribution in [0.2, 0.25) is 0 Å². The van der Waals surface area contributed by atoms with E-state index in [1.165, 1.54) is 10.8 Å². The van der Waals surface area contributed by atoms with Gasteiger partial charge in [0, 0.05) is 21.7 Å². The van der Waals surface area contributed by atoms with E-state index in [9.17, 15) is 0 Å². The highest BCUT2D eigenvalue weighted by Crippen LogP contribution is 2.50. The predicted molar refractivity (Wildman–Crippen MR) is 192 cm³/mol. The third-order valence-corrected chi connectivity index (χ3v) is 9.69. The third-order valence-electron chi connectivity index (χ3n) is 9.69. The molecule has 0 spiro atoms. The molecule has 47 heavy (non-hydrogen) atoms. The minimum atomic E-state index is 0.634. The van der Waals surface area contributed by atoms with Crippen molar-refractivity contribution in [2.45, 2.75) is 0 Å². The summed E-state index contributed by atoms with van der Waals surface area (Å²) in [5.74, 6) is 0.634. The number of nitrogens with zero attached hydrogens (tertiary/aromatic N) is 4. The van der Waals surface area contributed by atoms with Gasteiger partial charge in [-0.05, 0) is 64.7 Å². The van der Waals surface area contributed by atoms with Crippen LogP contribution in [0.15, 0.2) is 150 Å². The lowest BCUT2D eigenvalue weighted by Crippen LogP contribution is -2.21. The predicted octanol–water partition coefficient (Wildman–Crippen LogP) is 11.2. The van der Waals surface area contributed by atoms with Crippen LogP contribution in [0.1, 0.15) is 0 Å². The molecule has 0 radical (unpaired) electrons. The zero-order valence-electron chi connectivity index (χ0n) is 25.1. The number of fused-ring (bicyclic) bond motifs is 6. The first-order chi connectivity index (χ1) is 23.3. The molecule has 4 heterocycles. The Balaban J connectivity index is 1.29. The van der Waals surface area contributed by atoms with Crippen LogP contribution in [0.3, 0.4) is 0 Å². The van der Waals surface area contributed by atoms with Crippen LogP contribution in [-0.4, -0.2) is 14.5 Å². The largest absolute Gasteiger partial charge is 0.456 e. The Morgan fingerprint density at radius 1 is 0.489 bits per heavy atom. The Labute approximate surface area is 268 Å². The SMILES string of the molecule is c1ccc2c(c1)N(c1nc(-c3ccc4ccccc4c3)c3ccccc3n1)c1cccc3c4cccc5oc6cccc(c6c54)n-2c13. The summed E-state index contributed by atoms with van der Waals surface area (Å²) >= 11 is 0. The van der Waals surface area contributed by atoms with E-state index in [0.717, 1.165) is 83.0 Å². The number of aromatic nitrogens is 3. The van der Waals surface area contributed by atoms with Crippen molar-refractivity contribution < 1.29 is 4.42 Å². The molecule has 0 saturated carbocycles. The molecule has 0 unspecified atom stereocenters. The van der Waals surface area contributed by atoms with Crippen LogP contribution in [0, 0.1) is 0 Å². The minimum absolute atomic E-state index is 0.634. The molecule has 0 fully saturated rings. The van der Waals surface area contributed by atoms with E-state index in [4.69, 9.17) is 14.4 Å². The summed E-state index contributed by atoms with van der Waals surface area (Å²) in [5, 5.41) is 7.98. The average molecular weight is 601 g/mol. The van der Waals surface area contributed by atoms with Gasteiger partial charge in [-0.15, -0.1) is 0 Å². The van der Waals surface area contributed by atoms with Gasteiger partial charge in [0.2, 0.25) is 5.95 Å². The topological polar surface area (TPSA) is 47.1 Å². The van der Waals surface area contributed by atoms with Crippen molar-refractivity contribution in [1.82, 2.24) is 14.5 Å². The molecule has 5 heteroatoms. The summed E-state index contributed by atoms with van der Waals surface area (Å²) in [5.41, 5.74) is 9.96. The van der Waals surface area contributed by atoms with E-state index >= 15 is 0 Å². The second kappa shape index (κ2) is 9.05. The van der Waals surface area contributed by atoms with Crippen LogP contribution in [0.5, 0.6) is 0 Å². The fourth-order valence-corrected chi connectivity index (χ4v) is 7.70. The molecule has 3 aromatic heterocycles. The van der Waals surface area contributed by atoms with Gasteiger partial charge < -0.3 is 8.98 Å². The molecule has 0 atom stereocenters. The zero-order chi connectivity index (χ0) is 30.6. The molecule has 218 valence electrons. The van der Waals surface area contributed by atoms with Gasteiger partial charge in [0.25, 0.3) is 0 Å². The summed E-state index contributed by atoms with van der Waals surface area (Å²) in [4.78, 5) is 12.9. The van der Waals surface area contributed by atoms with Crippen molar-refractivity contribution >= 4 is 82.7 Å². The van der Waals surface area contributed by atoms with Gasteiger partial charge in [0.1, 0.15) is 11.2 Å². The number of para-hydroxylation sites is 4. The first-order valence-corrected chi connectivity index (χ1v) is 15.8. The zero-order valence-corrected chi connectivity index (χ0v) is 25.1. The molecule has 5 nitrogen and oxygen atoms in total. The van der Waals surface area contributed by atoms with Crippen LogP contribution in [-0.2, 0) is 0 Å². The fraction of sp³-hybridized carbons (Fsp3) is 0. The Bertz CT molecular complexity index is 2930. The van der Waals surface area contributed by atoms with Gasteiger partial charge in [-0.25, -0.2) is 9.97 Å². The summed E-state index contributed by atoms with van der Waals surface area (Å²) in [6.45, 7) is 0. The first-order valence-electron chi connectivity index (χ1n) is 15.8. The van der Waals surface area contributed by atoms with Crippen LogP contribution in [0.25, 0.3) is 82.4 Å². The van der Waals surface area contributed by atoms with Crippen LogP contribution < -0.4 is 4.90 Å². The Kier molecular flexibility index (Phi) is 4.78. The monoisotopic (exact) mass is 600 g/mol. The smallest absolute Gasteiger partial charge is 0.235 e. The van der Waals surface area contributed by atoms with E-state index in [-0.39, 0.29) is 0 Å². The second-order valence-electron chi connectivity index (χ2n) is 12.2. The lowest BCUT2D eigenvalue weighted by atomic mass is 10.0. The normalized spacial score (nSPS) is 12.6. The maximum absolute atomic E-state index is 6.41. The number of benzene rings is 7. The molecular formula is C42H24N4O. The number of anilines is 3. The van der Waals surface area contributed by atoms with Crippen molar-refractivity contribution in [3.8, 4) is 16.9 Å². The molecular weight excluding hydrogens is 576 g/mol. The molecule has 1 aliphatic rings. The highest BCUT2D eigenvalue weighted by molar-refractivity contribution is 6.27. The van der Waals surface area contributed by atoms with E-state index in [1.54, 1.807) is 0 Å². The van der Waals surface area contributed by atoms with E-state index in [1.807, 2.05) is 6.07 Å². The molecule has 11 rings (SSSR count). The lowest BCUT2D eigenvalue weighted by molar-refractivity contribution is 0.669. The van der Waals surface area contributed by atoms with Crippen LogP contribution >= 0.6 is 0 Å². The van der Waals surface area contributed by atoms with E-state index in [0.29, 0.717) is 5.95 Å². The number of rotatable bonds is 2.